The number of hydrogen-bond donors (Lipinski definition) is 1. The second-order valence-electron chi connectivity index (χ2n) is 3.50. The lowest BCUT2D eigenvalue weighted by molar-refractivity contribution is 0.324. The van der Waals surface area contributed by atoms with E-state index < -0.39 is 0 Å². The van der Waals surface area contributed by atoms with E-state index in [9.17, 15) is 0 Å². The van der Waals surface area contributed by atoms with E-state index in [1.165, 1.54) is 6.42 Å². The largest absolute Gasteiger partial charge is 0.373 e. The second-order valence-corrected chi connectivity index (χ2v) is 3.50. The summed E-state index contributed by atoms with van der Waals surface area (Å²) in [7, 11) is 4.01. The Labute approximate surface area is 86.2 Å². The third-order valence-electron chi connectivity index (χ3n) is 2.10. The molecule has 0 radical (unpaired) electrons. The van der Waals surface area contributed by atoms with Crippen LogP contribution in [0.15, 0.2) is 18.2 Å². The molecule has 1 aromatic rings. The van der Waals surface area contributed by atoms with E-state index in [1.807, 2.05) is 19.2 Å². The molecular weight excluding hydrogens is 174 g/mol. The van der Waals surface area contributed by atoms with E-state index in [0.717, 1.165) is 24.6 Å². The fourth-order valence-corrected chi connectivity index (χ4v) is 1.44. The maximum atomic E-state index is 4.46. The summed E-state index contributed by atoms with van der Waals surface area (Å²) in [6, 6.07) is 6.07. The van der Waals surface area contributed by atoms with Crippen molar-refractivity contribution < 1.29 is 0 Å². The number of hydrogen-bond acceptors (Lipinski definition) is 3. The van der Waals surface area contributed by atoms with Crippen molar-refractivity contribution in [3.8, 4) is 0 Å². The van der Waals surface area contributed by atoms with Crippen LogP contribution >= 0.6 is 0 Å². The zero-order chi connectivity index (χ0) is 10.4. The van der Waals surface area contributed by atoms with Crippen molar-refractivity contribution in [2.24, 2.45) is 0 Å². The lowest BCUT2D eigenvalue weighted by Crippen LogP contribution is -2.19. The summed E-state index contributed by atoms with van der Waals surface area (Å²) in [5.74, 6) is 0.937. The van der Waals surface area contributed by atoms with Crippen LogP contribution in [0.4, 0.5) is 5.82 Å². The van der Waals surface area contributed by atoms with Gasteiger partial charge in [-0.05, 0) is 32.1 Å². The molecule has 0 aliphatic heterocycles. The topological polar surface area (TPSA) is 28.2 Å². The summed E-state index contributed by atoms with van der Waals surface area (Å²) in [5.41, 5.74) is 1.12. The van der Waals surface area contributed by atoms with Gasteiger partial charge in [-0.25, -0.2) is 4.98 Å². The summed E-state index contributed by atoms with van der Waals surface area (Å²) < 4.78 is 0. The maximum absolute atomic E-state index is 4.46. The fraction of sp³-hybridized carbons (Fsp3) is 0.545. The number of rotatable bonds is 5. The highest BCUT2D eigenvalue weighted by molar-refractivity contribution is 5.34. The molecule has 3 heteroatoms. The highest BCUT2D eigenvalue weighted by Crippen LogP contribution is 2.05. The van der Waals surface area contributed by atoms with Crippen LogP contribution in [0.1, 0.15) is 19.0 Å². The quantitative estimate of drug-likeness (QED) is 0.775. The average Bonchev–Trinajstić information content (AvgIpc) is 2.18. The second kappa shape index (κ2) is 5.60. The summed E-state index contributed by atoms with van der Waals surface area (Å²) in [6.45, 7) is 4.22. The molecule has 0 aliphatic carbocycles. The van der Waals surface area contributed by atoms with Crippen molar-refractivity contribution in [2.75, 3.05) is 26.0 Å². The molecule has 0 unspecified atom stereocenters. The van der Waals surface area contributed by atoms with Crippen molar-refractivity contribution in [2.45, 2.75) is 19.9 Å². The van der Waals surface area contributed by atoms with Crippen molar-refractivity contribution in [1.82, 2.24) is 9.88 Å². The first-order valence-electron chi connectivity index (χ1n) is 5.08. The van der Waals surface area contributed by atoms with Gasteiger partial charge in [0.25, 0.3) is 0 Å². The molecule has 3 nitrogen and oxygen atoms in total. The predicted octanol–water partition coefficient (Wildman–Crippen LogP) is 1.97. The molecule has 1 heterocycles. The van der Waals surface area contributed by atoms with Gasteiger partial charge in [-0.1, -0.05) is 13.0 Å². The van der Waals surface area contributed by atoms with Crippen LogP contribution in [0.2, 0.25) is 0 Å². The molecule has 0 amide bonds. The van der Waals surface area contributed by atoms with E-state index in [2.05, 4.69) is 35.2 Å². The Morgan fingerprint density at radius 1 is 1.43 bits per heavy atom. The van der Waals surface area contributed by atoms with Crippen molar-refractivity contribution in [1.29, 1.82) is 0 Å². The lowest BCUT2D eigenvalue weighted by atomic mass is 10.3. The number of nitrogens with one attached hydrogen (secondary N) is 1. The van der Waals surface area contributed by atoms with Gasteiger partial charge in [0.2, 0.25) is 0 Å². The van der Waals surface area contributed by atoms with Gasteiger partial charge < -0.3 is 10.2 Å². The molecule has 0 aliphatic rings. The lowest BCUT2D eigenvalue weighted by Gasteiger charge is -2.15. The van der Waals surface area contributed by atoms with Crippen molar-refractivity contribution in [3.05, 3.63) is 23.9 Å². The maximum Gasteiger partial charge on any atom is 0.126 e. The summed E-state index contributed by atoms with van der Waals surface area (Å²) in [5, 5.41) is 3.04. The van der Waals surface area contributed by atoms with Gasteiger partial charge in [0.15, 0.2) is 0 Å². The van der Waals surface area contributed by atoms with E-state index in [1.54, 1.807) is 0 Å². The summed E-state index contributed by atoms with van der Waals surface area (Å²) in [6.07, 6.45) is 1.18. The van der Waals surface area contributed by atoms with E-state index in [0.29, 0.717) is 0 Å². The van der Waals surface area contributed by atoms with Crippen LogP contribution in [0, 0.1) is 0 Å². The zero-order valence-electron chi connectivity index (χ0n) is 9.25. The Morgan fingerprint density at radius 2 is 2.21 bits per heavy atom. The Hall–Kier alpha value is -1.09. The van der Waals surface area contributed by atoms with E-state index in [-0.39, 0.29) is 0 Å². The van der Waals surface area contributed by atoms with Crippen LogP contribution in [0.3, 0.4) is 0 Å². The predicted molar refractivity (Wildman–Crippen MR) is 60.4 cm³/mol. The fourth-order valence-electron chi connectivity index (χ4n) is 1.44. The highest BCUT2D eigenvalue weighted by atomic mass is 15.1. The molecule has 1 aromatic heterocycles. The average molecular weight is 193 g/mol. The van der Waals surface area contributed by atoms with Crippen LogP contribution in [-0.2, 0) is 6.54 Å². The minimum absolute atomic E-state index is 0.920. The van der Waals surface area contributed by atoms with Gasteiger partial charge in [0.05, 0.1) is 5.69 Å². The molecule has 0 atom stereocenters. The molecule has 0 spiro atoms. The SMILES string of the molecule is CCCN(C)Cc1cccc(NC)n1. The standard InChI is InChI=1S/C11H19N3/c1-4-8-14(3)9-10-6-5-7-11(12-2)13-10/h5-7H,4,8-9H2,1-3H3,(H,12,13). The molecule has 0 aromatic carbocycles. The van der Waals surface area contributed by atoms with Crippen molar-refractivity contribution in [3.63, 3.8) is 0 Å². The van der Waals surface area contributed by atoms with Gasteiger partial charge >= 0.3 is 0 Å². The summed E-state index contributed by atoms with van der Waals surface area (Å²) in [4.78, 5) is 6.74. The molecule has 0 saturated heterocycles. The van der Waals surface area contributed by atoms with Gasteiger partial charge in [0.1, 0.15) is 5.82 Å². The van der Waals surface area contributed by atoms with Gasteiger partial charge in [-0.15, -0.1) is 0 Å². The number of pyridine rings is 1. The normalized spacial score (nSPS) is 10.6. The van der Waals surface area contributed by atoms with E-state index >= 15 is 0 Å². The molecule has 14 heavy (non-hydrogen) atoms. The third kappa shape index (κ3) is 3.34. The number of nitrogens with zero attached hydrogens (tertiary/aromatic N) is 2. The molecule has 0 saturated carbocycles. The number of aromatic nitrogens is 1. The monoisotopic (exact) mass is 193 g/mol. The van der Waals surface area contributed by atoms with Crippen LogP contribution < -0.4 is 5.32 Å². The molecule has 0 fully saturated rings. The first-order chi connectivity index (χ1) is 6.76. The van der Waals surface area contributed by atoms with Crippen LogP contribution in [0.5, 0.6) is 0 Å². The van der Waals surface area contributed by atoms with Crippen LogP contribution in [-0.4, -0.2) is 30.5 Å². The van der Waals surface area contributed by atoms with E-state index in [4.69, 9.17) is 0 Å². The smallest absolute Gasteiger partial charge is 0.126 e. The Bertz CT molecular complexity index is 273. The first-order valence-corrected chi connectivity index (χ1v) is 5.08. The minimum atomic E-state index is 0.920. The molecule has 0 bridgehead atoms. The minimum Gasteiger partial charge on any atom is -0.373 e. The first kappa shape index (κ1) is 11.0. The Balaban J connectivity index is 2.57. The Kier molecular flexibility index (Phi) is 4.40. The van der Waals surface area contributed by atoms with Crippen LogP contribution in [0.25, 0.3) is 0 Å². The van der Waals surface area contributed by atoms with Gasteiger partial charge in [-0.3, -0.25) is 0 Å². The highest BCUT2D eigenvalue weighted by Gasteiger charge is 2.00. The Morgan fingerprint density at radius 3 is 2.86 bits per heavy atom. The van der Waals surface area contributed by atoms with Gasteiger partial charge in [-0.2, -0.15) is 0 Å². The van der Waals surface area contributed by atoms with Gasteiger partial charge in [0, 0.05) is 13.6 Å². The molecule has 1 N–H and O–H groups in total. The third-order valence-corrected chi connectivity index (χ3v) is 2.10. The summed E-state index contributed by atoms with van der Waals surface area (Å²) >= 11 is 0. The molecule has 78 valence electrons. The van der Waals surface area contributed by atoms with Crippen molar-refractivity contribution >= 4 is 5.82 Å². The molecule has 1 rings (SSSR count). The molecular formula is C11H19N3. The zero-order valence-corrected chi connectivity index (χ0v) is 9.25. The number of anilines is 1.